The third-order valence-electron chi connectivity index (χ3n) is 6.39. The van der Waals surface area contributed by atoms with Crippen LogP contribution in [0.15, 0.2) is 30.5 Å². The molecule has 1 N–H and O–H groups in total. The molecule has 0 radical (unpaired) electrons. The van der Waals surface area contributed by atoms with Crippen LogP contribution in [0.25, 0.3) is 0 Å². The van der Waals surface area contributed by atoms with E-state index in [1.807, 2.05) is 0 Å². The Kier molecular flexibility index (Phi) is 2.69. The average molecular weight is 294 g/mol. The molecule has 0 saturated heterocycles. The van der Waals surface area contributed by atoms with Crippen molar-refractivity contribution in [1.29, 1.82) is 0 Å². The van der Waals surface area contributed by atoms with E-state index in [9.17, 15) is 0 Å². The highest BCUT2D eigenvalue weighted by molar-refractivity contribution is 5.78. The summed E-state index contributed by atoms with van der Waals surface area (Å²) >= 11 is 0. The van der Waals surface area contributed by atoms with E-state index in [-0.39, 0.29) is 5.54 Å². The maximum atomic E-state index is 4.06. The number of rotatable bonds is 1. The fraction of sp³-hybridized carbons (Fsp3) is 0.600. The highest BCUT2D eigenvalue weighted by atomic mass is 15.3. The van der Waals surface area contributed by atoms with E-state index in [4.69, 9.17) is 0 Å². The molecule has 116 valence electrons. The molecule has 2 nitrogen and oxygen atoms in total. The molecule has 2 heteroatoms. The molecule has 2 aliphatic heterocycles. The normalized spacial score (nSPS) is 31.8. The highest BCUT2D eigenvalue weighted by Gasteiger charge is 2.50. The predicted molar refractivity (Wildman–Crippen MR) is 92.4 cm³/mol. The summed E-state index contributed by atoms with van der Waals surface area (Å²) in [5, 5.41) is 4.06. The zero-order valence-electron chi connectivity index (χ0n) is 13.5. The Hall–Kier alpha value is -1.44. The average Bonchev–Trinajstić information content (AvgIpc) is 3.31. The molecule has 2 saturated carbocycles. The SMILES string of the molecule is CC1C=CN2c3ccc(C4CC4)cc3NC3(CCCCC3)C12. The Balaban J connectivity index is 1.61. The lowest BCUT2D eigenvalue weighted by atomic mass is 9.71. The molecule has 2 fully saturated rings. The monoisotopic (exact) mass is 294 g/mol. The Bertz CT molecular complexity index is 623. The van der Waals surface area contributed by atoms with E-state index in [1.165, 1.54) is 56.3 Å². The van der Waals surface area contributed by atoms with E-state index < -0.39 is 0 Å². The Morgan fingerprint density at radius 3 is 2.73 bits per heavy atom. The summed E-state index contributed by atoms with van der Waals surface area (Å²) in [5.41, 5.74) is 4.62. The Morgan fingerprint density at radius 1 is 1.14 bits per heavy atom. The highest BCUT2D eigenvalue weighted by Crippen LogP contribution is 2.51. The number of fused-ring (bicyclic) bond motifs is 4. The molecule has 0 aromatic heterocycles. The van der Waals surface area contributed by atoms with Gasteiger partial charge in [-0.15, -0.1) is 0 Å². The predicted octanol–water partition coefficient (Wildman–Crippen LogP) is 5.03. The molecule has 2 aliphatic carbocycles. The first kappa shape index (κ1) is 13.0. The Morgan fingerprint density at radius 2 is 1.95 bits per heavy atom. The molecular weight excluding hydrogens is 268 g/mol. The van der Waals surface area contributed by atoms with Crippen molar-refractivity contribution in [2.75, 3.05) is 10.2 Å². The molecule has 0 bridgehead atoms. The lowest BCUT2D eigenvalue weighted by Gasteiger charge is -2.53. The maximum Gasteiger partial charge on any atom is 0.0645 e. The van der Waals surface area contributed by atoms with Gasteiger partial charge in [-0.2, -0.15) is 0 Å². The summed E-state index contributed by atoms with van der Waals surface area (Å²) in [5.74, 6) is 1.47. The third-order valence-corrected chi connectivity index (χ3v) is 6.39. The van der Waals surface area contributed by atoms with Gasteiger partial charge in [0.1, 0.15) is 0 Å². The first-order chi connectivity index (χ1) is 10.8. The van der Waals surface area contributed by atoms with Crippen LogP contribution in [-0.2, 0) is 0 Å². The van der Waals surface area contributed by atoms with Crippen molar-refractivity contribution in [2.24, 2.45) is 5.92 Å². The van der Waals surface area contributed by atoms with Crippen LogP contribution < -0.4 is 10.2 Å². The van der Waals surface area contributed by atoms with E-state index in [1.54, 1.807) is 5.56 Å². The van der Waals surface area contributed by atoms with Gasteiger partial charge in [-0.25, -0.2) is 0 Å². The summed E-state index contributed by atoms with van der Waals surface area (Å²) in [4.78, 5) is 2.58. The first-order valence-corrected chi connectivity index (χ1v) is 9.16. The van der Waals surface area contributed by atoms with Crippen molar-refractivity contribution < 1.29 is 0 Å². The van der Waals surface area contributed by atoms with Gasteiger partial charge in [0, 0.05) is 6.20 Å². The van der Waals surface area contributed by atoms with E-state index in [2.05, 4.69) is 47.6 Å². The molecule has 5 rings (SSSR count). The standard InChI is InChI=1S/C20H26N2/c1-14-9-12-22-18-8-7-16(15-5-6-15)13-17(18)21-20(19(14)22)10-3-2-4-11-20/h7-9,12-15,19,21H,2-6,10-11H2,1H3. The van der Waals surface area contributed by atoms with Crippen LogP contribution in [0.1, 0.15) is 63.4 Å². The van der Waals surface area contributed by atoms with Gasteiger partial charge in [-0.3, -0.25) is 0 Å². The number of anilines is 2. The maximum absolute atomic E-state index is 4.06. The van der Waals surface area contributed by atoms with Crippen LogP contribution in [0.4, 0.5) is 11.4 Å². The van der Waals surface area contributed by atoms with Crippen LogP contribution in [0.3, 0.4) is 0 Å². The van der Waals surface area contributed by atoms with Crippen molar-refractivity contribution in [2.45, 2.75) is 69.4 Å². The van der Waals surface area contributed by atoms with Gasteiger partial charge in [-0.1, -0.05) is 38.3 Å². The first-order valence-electron chi connectivity index (χ1n) is 9.16. The van der Waals surface area contributed by atoms with E-state index >= 15 is 0 Å². The van der Waals surface area contributed by atoms with Gasteiger partial charge >= 0.3 is 0 Å². The van der Waals surface area contributed by atoms with Crippen LogP contribution >= 0.6 is 0 Å². The number of nitrogens with zero attached hydrogens (tertiary/aromatic N) is 1. The Labute approximate surface area is 133 Å². The lowest BCUT2D eigenvalue weighted by Crippen LogP contribution is -2.60. The number of hydrogen-bond acceptors (Lipinski definition) is 2. The fourth-order valence-electron chi connectivity index (χ4n) is 5.17. The quantitative estimate of drug-likeness (QED) is 0.781. The summed E-state index contributed by atoms with van der Waals surface area (Å²) < 4.78 is 0. The van der Waals surface area contributed by atoms with Gasteiger partial charge in [0.15, 0.2) is 0 Å². The van der Waals surface area contributed by atoms with Gasteiger partial charge in [0.05, 0.1) is 23.0 Å². The van der Waals surface area contributed by atoms with Crippen molar-refractivity contribution in [1.82, 2.24) is 0 Å². The number of hydrogen-bond donors (Lipinski definition) is 1. The summed E-state index contributed by atoms with van der Waals surface area (Å²) in [7, 11) is 0. The van der Waals surface area contributed by atoms with E-state index in [0.717, 1.165) is 5.92 Å². The fourth-order valence-corrected chi connectivity index (χ4v) is 5.17. The second-order valence-electron chi connectivity index (χ2n) is 7.95. The summed E-state index contributed by atoms with van der Waals surface area (Å²) in [6.45, 7) is 2.39. The van der Waals surface area contributed by atoms with Gasteiger partial charge in [0.25, 0.3) is 0 Å². The van der Waals surface area contributed by atoms with Gasteiger partial charge < -0.3 is 10.2 Å². The molecule has 2 unspecified atom stereocenters. The molecule has 1 spiro atoms. The molecule has 4 aliphatic rings. The number of benzene rings is 1. The van der Waals surface area contributed by atoms with Crippen molar-refractivity contribution in [3.8, 4) is 0 Å². The molecule has 0 amide bonds. The van der Waals surface area contributed by atoms with Crippen LogP contribution in [-0.4, -0.2) is 11.6 Å². The third kappa shape index (κ3) is 1.79. The largest absolute Gasteiger partial charge is 0.376 e. The molecule has 2 atom stereocenters. The molecule has 1 aromatic carbocycles. The van der Waals surface area contributed by atoms with Crippen LogP contribution in [0, 0.1) is 5.92 Å². The minimum atomic E-state index is 0.288. The minimum Gasteiger partial charge on any atom is -0.376 e. The van der Waals surface area contributed by atoms with Crippen LogP contribution in [0.5, 0.6) is 0 Å². The second kappa shape index (κ2) is 4.53. The molecular formula is C20H26N2. The smallest absolute Gasteiger partial charge is 0.0645 e. The zero-order valence-corrected chi connectivity index (χ0v) is 13.5. The summed E-state index contributed by atoms with van der Waals surface area (Å²) in [6.07, 6.45) is 14.3. The van der Waals surface area contributed by atoms with E-state index in [0.29, 0.717) is 12.0 Å². The summed E-state index contributed by atoms with van der Waals surface area (Å²) in [6, 6.07) is 7.79. The van der Waals surface area contributed by atoms with Crippen LogP contribution in [0.2, 0.25) is 0 Å². The van der Waals surface area contributed by atoms with Crippen molar-refractivity contribution >= 4 is 11.4 Å². The van der Waals surface area contributed by atoms with Gasteiger partial charge in [-0.05, 0) is 55.2 Å². The minimum absolute atomic E-state index is 0.288. The van der Waals surface area contributed by atoms with Gasteiger partial charge in [0.2, 0.25) is 0 Å². The topological polar surface area (TPSA) is 15.3 Å². The number of nitrogens with one attached hydrogen (secondary N) is 1. The molecule has 2 heterocycles. The zero-order chi connectivity index (χ0) is 14.7. The van der Waals surface area contributed by atoms with Crippen molar-refractivity contribution in [3.05, 3.63) is 36.0 Å². The molecule has 1 aromatic rings. The van der Waals surface area contributed by atoms with Crippen molar-refractivity contribution in [3.63, 3.8) is 0 Å². The lowest BCUT2D eigenvalue weighted by molar-refractivity contribution is 0.245. The second-order valence-corrected chi connectivity index (χ2v) is 7.95. The molecule has 22 heavy (non-hydrogen) atoms.